The van der Waals surface area contributed by atoms with Gasteiger partial charge in [-0.15, -0.1) is 0 Å². The van der Waals surface area contributed by atoms with Crippen molar-refractivity contribution in [2.45, 2.75) is 59.1 Å². The van der Waals surface area contributed by atoms with Crippen molar-refractivity contribution in [1.82, 2.24) is 5.32 Å². The molecule has 6 nitrogen and oxygen atoms in total. The quantitative estimate of drug-likeness (QED) is 0.813. The zero-order valence-electron chi connectivity index (χ0n) is 16.8. The molecule has 1 aromatic heterocycles. The highest BCUT2D eigenvalue weighted by molar-refractivity contribution is 5.91. The van der Waals surface area contributed by atoms with E-state index in [-0.39, 0.29) is 23.1 Å². The van der Waals surface area contributed by atoms with Gasteiger partial charge in [0.2, 0.25) is 5.76 Å². The van der Waals surface area contributed by atoms with Crippen LogP contribution in [0.4, 0.5) is 0 Å². The molecular weight excluding hydrogens is 358 g/mol. The first-order valence-corrected chi connectivity index (χ1v) is 9.82. The van der Waals surface area contributed by atoms with Crippen LogP contribution in [0.1, 0.15) is 56.2 Å². The maximum Gasteiger partial charge on any atom is 0.375 e. The molecule has 0 saturated heterocycles. The first kappa shape index (κ1) is 20.1. The van der Waals surface area contributed by atoms with E-state index in [9.17, 15) is 14.4 Å². The molecule has 6 heteroatoms. The van der Waals surface area contributed by atoms with Gasteiger partial charge in [-0.1, -0.05) is 38.3 Å². The highest BCUT2D eigenvalue weighted by atomic mass is 16.6. The van der Waals surface area contributed by atoms with Crippen LogP contribution >= 0.6 is 0 Å². The maximum atomic E-state index is 12.5. The summed E-state index contributed by atoms with van der Waals surface area (Å²) in [7, 11) is 0. The fraction of sp³-hybridized carbons (Fsp3) is 0.500. The average molecular weight is 385 g/mol. The average Bonchev–Trinajstić information content (AvgIpc) is 2.65. The molecule has 1 saturated carbocycles. The molecule has 3 rings (SSSR count). The van der Waals surface area contributed by atoms with Crippen molar-refractivity contribution in [3.8, 4) is 0 Å². The zero-order valence-corrected chi connectivity index (χ0v) is 16.8. The molecule has 2 aromatic rings. The number of nitrogens with one attached hydrogen (secondary N) is 1. The summed E-state index contributed by atoms with van der Waals surface area (Å²) in [5.41, 5.74) is 0.915. The molecule has 150 valence electrons. The van der Waals surface area contributed by atoms with Crippen LogP contribution in [0.15, 0.2) is 33.5 Å². The van der Waals surface area contributed by atoms with E-state index >= 15 is 0 Å². The number of hydrogen-bond acceptors (Lipinski definition) is 5. The summed E-state index contributed by atoms with van der Waals surface area (Å²) in [6, 6.07) is 6.34. The van der Waals surface area contributed by atoms with Crippen LogP contribution in [0.3, 0.4) is 0 Å². The van der Waals surface area contributed by atoms with Crippen molar-refractivity contribution in [2.24, 2.45) is 11.8 Å². The molecule has 1 aromatic carbocycles. The number of esters is 1. The summed E-state index contributed by atoms with van der Waals surface area (Å²) in [6.45, 7) is 7.72. The standard InChI is InChI=1S/C22H27NO5/c1-12-8-9-19-16(10-12)18(24)11-20(28-19)22(26)27-15(4)21(25)23-17-7-5-6-13(2)14(17)3/h8-11,13-15,17H,5-7H2,1-4H3,(H,23,25)/t13-,14-,15+,17-/m0/s1. The molecule has 1 aliphatic rings. The van der Waals surface area contributed by atoms with Gasteiger partial charge < -0.3 is 14.5 Å². The monoisotopic (exact) mass is 385 g/mol. The van der Waals surface area contributed by atoms with Crippen molar-refractivity contribution in [1.29, 1.82) is 0 Å². The van der Waals surface area contributed by atoms with E-state index < -0.39 is 12.1 Å². The lowest BCUT2D eigenvalue weighted by atomic mass is 9.78. The van der Waals surface area contributed by atoms with Crippen molar-refractivity contribution in [2.75, 3.05) is 0 Å². The third kappa shape index (κ3) is 4.26. The Labute approximate surface area is 164 Å². The number of carbonyl (C=O) groups is 2. The Kier molecular flexibility index (Phi) is 5.87. The van der Waals surface area contributed by atoms with Gasteiger partial charge in [-0.05, 0) is 44.2 Å². The van der Waals surface area contributed by atoms with Crippen LogP contribution in [0.25, 0.3) is 11.0 Å². The molecule has 1 heterocycles. The lowest BCUT2D eigenvalue weighted by Crippen LogP contribution is -2.47. The van der Waals surface area contributed by atoms with E-state index in [0.29, 0.717) is 22.8 Å². The van der Waals surface area contributed by atoms with Crippen LogP contribution in [-0.4, -0.2) is 24.0 Å². The number of ether oxygens (including phenoxy) is 1. The molecule has 28 heavy (non-hydrogen) atoms. The van der Waals surface area contributed by atoms with E-state index in [2.05, 4.69) is 19.2 Å². The van der Waals surface area contributed by atoms with Gasteiger partial charge in [0.15, 0.2) is 11.5 Å². The predicted molar refractivity (Wildman–Crippen MR) is 106 cm³/mol. The summed E-state index contributed by atoms with van der Waals surface area (Å²) in [5.74, 6) is -0.444. The van der Waals surface area contributed by atoms with Crippen LogP contribution in [0.5, 0.6) is 0 Å². The fourth-order valence-corrected chi connectivity index (χ4v) is 3.73. The van der Waals surface area contributed by atoms with Gasteiger partial charge in [-0.2, -0.15) is 0 Å². The molecule has 0 unspecified atom stereocenters. The fourth-order valence-electron chi connectivity index (χ4n) is 3.73. The number of benzene rings is 1. The Morgan fingerprint density at radius 2 is 1.96 bits per heavy atom. The number of aryl methyl sites for hydroxylation is 1. The maximum absolute atomic E-state index is 12.5. The molecule has 1 aliphatic carbocycles. The van der Waals surface area contributed by atoms with Crippen LogP contribution in [-0.2, 0) is 9.53 Å². The largest absolute Gasteiger partial charge is 0.449 e. The number of fused-ring (bicyclic) bond motifs is 1. The molecule has 0 radical (unpaired) electrons. The first-order chi connectivity index (χ1) is 13.3. The summed E-state index contributed by atoms with van der Waals surface area (Å²) in [6.07, 6.45) is 2.19. The Bertz CT molecular complexity index is 948. The summed E-state index contributed by atoms with van der Waals surface area (Å²) in [5, 5.41) is 3.40. The molecule has 1 amide bonds. The van der Waals surface area contributed by atoms with Crippen LogP contribution in [0.2, 0.25) is 0 Å². The predicted octanol–water partition coefficient (Wildman–Crippen LogP) is 3.59. The highest BCUT2D eigenvalue weighted by Gasteiger charge is 2.30. The minimum atomic E-state index is -0.976. The molecular formula is C22H27NO5. The Balaban J connectivity index is 1.68. The molecule has 0 bridgehead atoms. The second-order valence-electron chi connectivity index (χ2n) is 7.90. The van der Waals surface area contributed by atoms with Gasteiger partial charge in [0.05, 0.1) is 5.39 Å². The zero-order chi connectivity index (χ0) is 20.4. The second kappa shape index (κ2) is 8.17. The van der Waals surface area contributed by atoms with Crippen LogP contribution in [0, 0.1) is 18.8 Å². The Hall–Kier alpha value is -2.63. The molecule has 1 N–H and O–H groups in total. The Morgan fingerprint density at radius 3 is 2.71 bits per heavy atom. The van der Waals surface area contributed by atoms with E-state index in [1.807, 2.05) is 6.92 Å². The van der Waals surface area contributed by atoms with Gasteiger partial charge in [-0.3, -0.25) is 9.59 Å². The van der Waals surface area contributed by atoms with Crippen molar-refractivity contribution in [3.05, 3.63) is 45.8 Å². The van der Waals surface area contributed by atoms with Gasteiger partial charge in [0, 0.05) is 12.1 Å². The van der Waals surface area contributed by atoms with Crippen LogP contribution < -0.4 is 10.7 Å². The SMILES string of the molecule is Cc1ccc2oc(C(=O)O[C@H](C)C(=O)N[C@H]3CCC[C@H](C)[C@@H]3C)cc(=O)c2c1. The molecule has 1 fully saturated rings. The van der Waals surface area contributed by atoms with E-state index in [1.54, 1.807) is 18.2 Å². The van der Waals surface area contributed by atoms with Crippen molar-refractivity contribution < 1.29 is 18.7 Å². The second-order valence-corrected chi connectivity index (χ2v) is 7.90. The summed E-state index contributed by atoms with van der Waals surface area (Å²) < 4.78 is 10.8. The third-order valence-electron chi connectivity index (χ3n) is 5.77. The minimum Gasteiger partial charge on any atom is -0.449 e. The smallest absolute Gasteiger partial charge is 0.375 e. The van der Waals surface area contributed by atoms with Gasteiger partial charge >= 0.3 is 5.97 Å². The molecule has 0 aliphatic heterocycles. The number of carbonyl (C=O) groups excluding carboxylic acids is 2. The molecule has 0 spiro atoms. The van der Waals surface area contributed by atoms with E-state index in [4.69, 9.17) is 9.15 Å². The van der Waals surface area contributed by atoms with Gasteiger partial charge in [0.1, 0.15) is 5.58 Å². The Morgan fingerprint density at radius 1 is 1.21 bits per heavy atom. The van der Waals surface area contributed by atoms with Crippen molar-refractivity contribution >= 4 is 22.8 Å². The van der Waals surface area contributed by atoms with Gasteiger partial charge in [-0.25, -0.2) is 4.79 Å². The topological polar surface area (TPSA) is 85.6 Å². The normalized spacial score (nSPS) is 23.2. The van der Waals surface area contributed by atoms with Crippen molar-refractivity contribution in [3.63, 3.8) is 0 Å². The van der Waals surface area contributed by atoms with E-state index in [1.165, 1.54) is 13.3 Å². The first-order valence-electron chi connectivity index (χ1n) is 9.82. The minimum absolute atomic E-state index is 0.0826. The number of rotatable bonds is 4. The lowest BCUT2D eigenvalue weighted by molar-refractivity contribution is -0.130. The number of hydrogen-bond donors (Lipinski definition) is 1. The summed E-state index contributed by atoms with van der Waals surface area (Å²) >= 11 is 0. The molecule has 4 atom stereocenters. The summed E-state index contributed by atoms with van der Waals surface area (Å²) in [4.78, 5) is 37.1. The third-order valence-corrected chi connectivity index (χ3v) is 5.77. The highest BCUT2D eigenvalue weighted by Crippen LogP contribution is 2.29. The van der Waals surface area contributed by atoms with E-state index in [0.717, 1.165) is 24.5 Å². The lowest BCUT2D eigenvalue weighted by Gasteiger charge is -2.35. The number of amides is 1. The van der Waals surface area contributed by atoms with Gasteiger partial charge in [0.25, 0.3) is 5.91 Å².